The van der Waals surface area contributed by atoms with Crippen molar-refractivity contribution in [2.24, 2.45) is 5.92 Å². The van der Waals surface area contributed by atoms with Crippen LogP contribution < -0.4 is 10.4 Å². The number of aryl methyl sites for hydroxylation is 2. The standard InChI is InChI=1S/C26H31NO6/c1-16-19-12-17-7-10-26(8-3-2-4-9-26)33-21(17)14-22(19)32-25(31)20(16)13-23(28)27-11-5-6-18(15-27)24(29)30/h12,14,18H,2-11,13,15H2,1H3,(H,29,30)/t18-/m0/s1. The first-order valence-corrected chi connectivity index (χ1v) is 12.1. The summed E-state index contributed by atoms with van der Waals surface area (Å²) in [6.45, 7) is 2.57. The van der Waals surface area contributed by atoms with Gasteiger partial charge in [0.05, 0.1) is 17.9 Å². The summed E-state index contributed by atoms with van der Waals surface area (Å²) in [5.74, 6) is -0.835. The summed E-state index contributed by atoms with van der Waals surface area (Å²) >= 11 is 0. The van der Waals surface area contributed by atoms with Gasteiger partial charge in [0.25, 0.3) is 0 Å². The first-order valence-electron chi connectivity index (χ1n) is 12.1. The van der Waals surface area contributed by atoms with Gasteiger partial charge in [-0.2, -0.15) is 0 Å². The van der Waals surface area contributed by atoms with Crippen molar-refractivity contribution in [3.8, 4) is 5.75 Å². The van der Waals surface area contributed by atoms with Gasteiger partial charge in [-0.25, -0.2) is 4.79 Å². The van der Waals surface area contributed by atoms with Crippen molar-refractivity contribution in [2.75, 3.05) is 13.1 Å². The van der Waals surface area contributed by atoms with Gasteiger partial charge >= 0.3 is 11.6 Å². The molecule has 7 heteroatoms. The van der Waals surface area contributed by atoms with Gasteiger partial charge in [-0.1, -0.05) is 6.42 Å². The summed E-state index contributed by atoms with van der Waals surface area (Å²) < 4.78 is 12.1. The smallest absolute Gasteiger partial charge is 0.340 e. The summed E-state index contributed by atoms with van der Waals surface area (Å²) in [6, 6.07) is 3.90. The molecule has 1 spiro atoms. The Morgan fingerprint density at radius 3 is 2.70 bits per heavy atom. The largest absolute Gasteiger partial charge is 0.487 e. The topological polar surface area (TPSA) is 97.1 Å². The molecule has 1 saturated heterocycles. The summed E-state index contributed by atoms with van der Waals surface area (Å²) in [5, 5.41) is 10.1. The fourth-order valence-electron chi connectivity index (χ4n) is 5.82. The number of hydrogen-bond acceptors (Lipinski definition) is 5. The fraction of sp³-hybridized carbons (Fsp3) is 0.577. The molecule has 2 aliphatic heterocycles. The molecule has 1 aromatic heterocycles. The molecule has 33 heavy (non-hydrogen) atoms. The fourth-order valence-corrected chi connectivity index (χ4v) is 5.82. The summed E-state index contributed by atoms with van der Waals surface area (Å²) in [7, 11) is 0. The van der Waals surface area contributed by atoms with Crippen molar-refractivity contribution in [1.82, 2.24) is 4.90 Å². The number of carboxylic acid groups (broad SMARTS) is 1. The van der Waals surface area contributed by atoms with Crippen LogP contribution in [0, 0.1) is 12.8 Å². The zero-order valence-electron chi connectivity index (χ0n) is 19.2. The number of hydrogen-bond donors (Lipinski definition) is 1. The average molecular weight is 454 g/mol. The van der Waals surface area contributed by atoms with Gasteiger partial charge in [0.2, 0.25) is 5.91 Å². The van der Waals surface area contributed by atoms with Crippen LogP contribution in [0.1, 0.15) is 68.1 Å². The molecule has 1 aromatic carbocycles. The van der Waals surface area contributed by atoms with E-state index in [0.29, 0.717) is 30.5 Å². The van der Waals surface area contributed by atoms with Gasteiger partial charge < -0.3 is 19.2 Å². The van der Waals surface area contributed by atoms with E-state index in [4.69, 9.17) is 9.15 Å². The maximum atomic E-state index is 12.9. The number of aliphatic carboxylic acids is 1. The Morgan fingerprint density at radius 1 is 1.15 bits per heavy atom. The van der Waals surface area contributed by atoms with Crippen LogP contribution in [0.25, 0.3) is 11.0 Å². The molecule has 3 heterocycles. The van der Waals surface area contributed by atoms with Crippen molar-refractivity contribution >= 4 is 22.8 Å². The van der Waals surface area contributed by atoms with Crippen LogP contribution in [0.15, 0.2) is 21.3 Å². The second-order valence-electron chi connectivity index (χ2n) is 9.99. The minimum atomic E-state index is -0.879. The molecule has 0 radical (unpaired) electrons. The summed E-state index contributed by atoms with van der Waals surface area (Å²) in [4.78, 5) is 38.7. The Labute approximate surface area is 192 Å². The van der Waals surface area contributed by atoms with Gasteiger partial charge in [0.1, 0.15) is 16.9 Å². The molecule has 1 amide bonds. The van der Waals surface area contributed by atoms with E-state index in [0.717, 1.165) is 47.9 Å². The number of carbonyl (C=O) groups is 2. The Hall–Kier alpha value is -2.83. The van der Waals surface area contributed by atoms with Gasteiger partial charge in [-0.05, 0) is 75.5 Å². The molecule has 176 valence electrons. The molecule has 0 unspecified atom stereocenters. The van der Waals surface area contributed by atoms with E-state index in [-0.39, 0.29) is 24.5 Å². The van der Waals surface area contributed by atoms with Crippen LogP contribution in [0.4, 0.5) is 0 Å². The monoisotopic (exact) mass is 453 g/mol. The molecule has 3 aliphatic rings. The van der Waals surface area contributed by atoms with Crippen LogP contribution in [-0.2, 0) is 22.4 Å². The number of ether oxygens (including phenoxy) is 1. The van der Waals surface area contributed by atoms with Gasteiger partial charge in [0.15, 0.2) is 0 Å². The third-order valence-electron chi connectivity index (χ3n) is 7.86. The quantitative estimate of drug-likeness (QED) is 0.706. The van der Waals surface area contributed by atoms with Crippen molar-refractivity contribution in [3.63, 3.8) is 0 Å². The second kappa shape index (κ2) is 8.50. The van der Waals surface area contributed by atoms with E-state index in [1.54, 1.807) is 4.90 Å². The minimum Gasteiger partial charge on any atom is -0.487 e. The second-order valence-corrected chi connectivity index (χ2v) is 9.99. The predicted octanol–water partition coefficient (Wildman–Crippen LogP) is 4.00. The molecule has 7 nitrogen and oxygen atoms in total. The van der Waals surface area contributed by atoms with Gasteiger partial charge in [0, 0.05) is 24.5 Å². The highest BCUT2D eigenvalue weighted by Crippen LogP contribution is 2.43. The molecular weight excluding hydrogens is 422 g/mol. The zero-order valence-corrected chi connectivity index (χ0v) is 19.2. The zero-order chi connectivity index (χ0) is 23.2. The van der Waals surface area contributed by atoms with Crippen LogP contribution in [0.5, 0.6) is 5.75 Å². The molecule has 5 rings (SSSR count). The lowest BCUT2D eigenvalue weighted by atomic mass is 9.79. The van der Waals surface area contributed by atoms with Crippen LogP contribution in [-0.4, -0.2) is 40.6 Å². The molecule has 0 bridgehead atoms. The normalized spacial score (nSPS) is 22.1. The summed E-state index contributed by atoms with van der Waals surface area (Å²) in [5.41, 5.74) is 2.12. The number of carboxylic acids is 1. The third kappa shape index (κ3) is 4.13. The number of carbonyl (C=O) groups excluding carboxylic acids is 1. The van der Waals surface area contributed by atoms with Crippen LogP contribution in [0.2, 0.25) is 0 Å². The van der Waals surface area contributed by atoms with Crippen molar-refractivity contribution in [3.05, 3.63) is 39.2 Å². The van der Waals surface area contributed by atoms with Crippen molar-refractivity contribution in [1.29, 1.82) is 0 Å². The molecular formula is C26H31NO6. The highest BCUT2D eigenvalue weighted by molar-refractivity contribution is 5.86. The molecule has 2 fully saturated rings. The maximum absolute atomic E-state index is 12.9. The number of amides is 1. The molecule has 1 aliphatic carbocycles. The number of fused-ring (bicyclic) bond motifs is 2. The minimum absolute atomic E-state index is 0.0762. The highest BCUT2D eigenvalue weighted by atomic mass is 16.5. The number of likely N-dealkylation sites (tertiary alicyclic amines) is 1. The van der Waals surface area contributed by atoms with E-state index in [9.17, 15) is 19.5 Å². The van der Waals surface area contributed by atoms with E-state index in [1.807, 2.05) is 19.1 Å². The predicted molar refractivity (Wildman–Crippen MR) is 123 cm³/mol. The molecule has 1 atom stereocenters. The van der Waals surface area contributed by atoms with E-state index < -0.39 is 17.5 Å². The number of benzene rings is 1. The SMILES string of the molecule is Cc1c(CC(=O)N2CCC[C@H](C(=O)O)C2)c(=O)oc2cc3c(cc12)CCC1(CCCCC1)O3. The van der Waals surface area contributed by atoms with Crippen molar-refractivity contribution in [2.45, 2.75) is 76.7 Å². The van der Waals surface area contributed by atoms with E-state index in [1.165, 1.54) is 19.3 Å². The highest BCUT2D eigenvalue weighted by Gasteiger charge is 2.38. The first kappa shape index (κ1) is 22.0. The Kier molecular flexibility index (Phi) is 5.67. The summed E-state index contributed by atoms with van der Waals surface area (Å²) in [6.07, 6.45) is 8.90. The lowest BCUT2D eigenvalue weighted by Gasteiger charge is -2.41. The van der Waals surface area contributed by atoms with E-state index >= 15 is 0 Å². The van der Waals surface area contributed by atoms with Crippen molar-refractivity contribution < 1.29 is 23.8 Å². The maximum Gasteiger partial charge on any atom is 0.340 e. The molecule has 1 N–H and O–H groups in total. The lowest BCUT2D eigenvalue weighted by molar-refractivity contribution is -0.145. The number of rotatable bonds is 3. The molecule has 2 aromatic rings. The number of piperidine rings is 1. The van der Waals surface area contributed by atoms with Crippen LogP contribution >= 0.6 is 0 Å². The van der Waals surface area contributed by atoms with E-state index in [2.05, 4.69) is 0 Å². The third-order valence-corrected chi connectivity index (χ3v) is 7.86. The van der Waals surface area contributed by atoms with Crippen LogP contribution in [0.3, 0.4) is 0 Å². The molecule has 1 saturated carbocycles. The van der Waals surface area contributed by atoms with Gasteiger partial charge in [-0.3, -0.25) is 9.59 Å². The Morgan fingerprint density at radius 2 is 1.94 bits per heavy atom. The Balaban J connectivity index is 1.42. The number of nitrogens with zero attached hydrogens (tertiary/aromatic N) is 1. The lowest BCUT2D eigenvalue weighted by Crippen LogP contribution is -2.43. The average Bonchev–Trinajstić information content (AvgIpc) is 2.81. The first-order chi connectivity index (χ1) is 15.8. The van der Waals surface area contributed by atoms with Gasteiger partial charge in [-0.15, -0.1) is 0 Å². The Bertz CT molecular complexity index is 1160.